The Morgan fingerprint density at radius 1 is 0.920 bits per heavy atom. The molecular weight excluding hydrogens is 369 g/mol. The second-order valence-electron chi connectivity index (χ2n) is 5.56. The minimum Gasteiger partial charge on any atom is -0.388 e. The van der Waals surface area contributed by atoms with Crippen LogP contribution in [0.3, 0.4) is 0 Å². The number of aliphatic hydroxyl groups excluding tert-OH is 1. The summed E-state index contributed by atoms with van der Waals surface area (Å²) in [6.07, 6.45) is -11.6. The molecule has 2 nitrogen and oxygen atoms in total. The van der Waals surface area contributed by atoms with Crippen molar-refractivity contribution in [3.63, 3.8) is 0 Å². The first-order valence-corrected chi connectivity index (χ1v) is 6.70. The molecule has 144 valence electrons. The largest absolute Gasteiger partial charge is 0.460 e. The molecule has 0 aliphatic heterocycles. The highest BCUT2D eigenvalue weighted by Crippen LogP contribution is 2.55. The van der Waals surface area contributed by atoms with E-state index in [2.05, 4.69) is 0 Å². The highest BCUT2D eigenvalue weighted by molar-refractivity contribution is 5.47. The molecule has 1 aromatic carbocycles. The van der Waals surface area contributed by atoms with Crippen LogP contribution in [-0.2, 0) is 0 Å². The lowest BCUT2D eigenvalue weighted by atomic mass is 9.95. The van der Waals surface area contributed by atoms with Gasteiger partial charge in [0.05, 0.1) is 6.10 Å². The third-order valence-corrected chi connectivity index (χ3v) is 3.43. The summed E-state index contributed by atoms with van der Waals surface area (Å²) in [6.45, 7) is 0. The molecule has 0 saturated carbocycles. The summed E-state index contributed by atoms with van der Waals surface area (Å²) in [5.74, 6) is -19.5. The molecule has 0 aliphatic rings. The first-order chi connectivity index (χ1) is 11.0. The number of halogens is 9. The molecule has 0 fully saturated rings. The van der Waals surface area contributed by atoms with Crippen LogP contribution in [-0.4, -0.2) is 43.1 Å². The molecule has 0 radical (unpaired) electrons. The fourth-order valence-electron chi connectivity index (χ4n) is 1.91. The van der Waals surface area contributed by atoms with Crippen LogP contribution in [0, 0.1) is 0 Å². The van der Waals surface area contributed by atoms with Crippen LogP contribution in [0.15, 0.2) is 24.3 Å². The summed E-state index contributed by atoms with van der Waals surface area (Å²) in [7, 11) is 3.08. The zero-order chi connectivity index (χ0) is 19.8. The Bertz CT molecular complexity index is 598. The van der Waals surface area contributed by atoms with E-state index in [4.69, 9.17) is 0 Å². The van der Waals surface area contributed by atoms with Gasteiger partial charge >= 0.3 is 23.9 Å². The Morgan fingerprint density at radius 2 is 1.44 bits per heavy atom. The van der Waals surface area contributed by atoms with Crippen molar-refractivity contribution >= 4 is 5.69 Å². The molecule has 0 bridgehead atoms. The Labute approximate surface area is 136 Å². The van der Waals surface area contributed by atoms with Crippen LogP contribution in [0.4, 0.5) is 45.2 Å². The molecule has 1 rings (SSSR count). The number of benzene rings is 1. The van der Waals surface area contributed by atoms with Crippen LogP contribution in [0.5, 0.6) is 0 Å². The standard InChI is InChI=1S/C14H14F9NO/c1-24(2)9-5-3-4-8(6-9)10(25)7-11(15,16)12(17,18)13(19,20)14(21,22)23/h3-6,10,25H,7H2,1-2H3. The Kier molecular flexibility index (Phi) is 5.63. The fraction of sp³-hybridized carbons (Fsp3) is 0.571. The summed E-state index contributed by atoms with van der Waals surface area (Å²) in [5.41, 5.74) is 0.0317. The van der Waals surface area contributed by atoms with Gasteiger partial charge in [0.2, 0.25) is 0 Å². The lowest BCUT2D eigenvalue weighted by molar-refractivity contribution is -0.398. The summed E-state index contributed by atoms with van der Waals surface area (Å²) in [4.78, 5) is 1.47. The van der Waals surface area contributed by atoms with Crippen LogP contribution in [0.2, 0.25) is 0 Å². The molecule has 0 amide bonds. The number of rotatable bonds is 6. The molecule has 1 unspecified atom stereocenters. The van der Waals surface area contributed by atoms with E-state index in [1.54, 1.807) is 0 Å². The molecular formula is C14H14F9NO. The van der Waals surface area contributed by atoms with Gasteiger partial charge in [0.25, 0.3) is 0 Å². The van der Waals surface area contributed by atoms with Gasteiger partial charge in [0.1, 0.15) is 0 Å². The monoisotopic (exact) mass is 383 g/mol. The van der Waals surface area contributed by atoms with Crippen molar-refractivity contribution in [3.05, 3.63) is 29.8 Å². The van der Waals surface area contributed by atoms with Gasteiger partial charge in [-0.1, -0.05) is 12.1 Å². The van der Waals surface area contributed by atoms with E-state index in [1.807, 2.05) is 0 Å². The van der Waals surface area contributed by atoms with E-state index in [0.717, 1.165) is 12.1 Å². The molecule has 0 aromatic heterocycles. The van der Waals surface area contributed by atoms with Crippen molar-refractivity contribution in [2.45, 2.75) is 36.5 Å². The SMILES string of the molecule is CN(C)c1cccc(C(O)CC(F)(F)C(F)(F)C(F)(F)C(F)(F)F)c1. The smallest absolute Gasteiger partial charge is 0.388 e. The van der Waals surface area contributed by atoms with Gasteiger partial charge in [0, 0.05) is 26.2 Å². The molecule has 1 aromatic rings. The van der Waals surface area contributed by atoms with Gasteiger partial charge in [-0.2, -0.15) is 39.5 Å². The molecule has 1 N–H and O–H groups in total. The second kappa shape index (κ2) is 6.58. The normalized spacial score (nSPS) is 15.2. The van der Waals surface area contributed by atoms with E-state index in [9.17, 15) is 44.6 Å². The first kappa shape index (κ1) is 21.4. The average molecular weight is 383 g/mol. The van der Waals surface area contributed by atoms with Crippen molar-refractivity contribution in [1.29, 1.82) is 0 Å². The van der Waals surface area contributed by atoms with Crippen molar-refractivity contribution in [3.8, 4) is 0 Å². The molecule has 11 heteroatoms. The van der Waals surface area contributed by atoms with E-state index in [1.165, 1.54) is 31.1 Å². The number of anilines is 1. The summed E-state index contributed by atoms with van der Waals surface area (Å²) >= 11 is 0. The van der Waals surface area contributed by atoms with E-state index >= 15 is 0 Å². The average Bonchev–Trinajstić information content (AvgIpc) is 2.45. The van der Waals surface area contributed by atoms with Crippen molar-refractivity contribution in [2.75, 3.05) is 19.0 Å². The number of alkyl halides is 9. The highest BCUT2D eigenvalue weighted by Gasteiger charge is 2.81. The molecule has 1 atom stereocenters. The van der Waals surface area contributed by atoms with Crippen LogP contribution >= 0.6 is 0 Å². The maximum absolute atomic E-state index is 13.5. The fourth-order valence-corrected chi connectivity index (χ4v) is 1.91. The lowest BCUT2D eigenvalue weighted by Gasteiger charge is -2.34. The summed E-state index contributed by atoms with van der Waals surface area (Å²) in [5, 5.41) is 9.64. The quantitative estimate of drug-likeness (QED) is 0.724. The zero-order valence-electron chi connectivity index (χ0n) is 12.9. The third kappa shape index (κ3) is 3.96. The van der Waals surface area contributed by atoms with Crippen LogP contribution in [0.1, 0.15) is 18.1 Å². The molecule has 0 saturated heterocycles. The third-order valence-electron chi connectivity index (χ3n) is 3.43. The predicted octanol–water partition coefficient (Wildman–Crippen LogP) is 4.64. The van der Waals surface area contributed by atoms with Crippen LogP contribution in [0.25, 0.3) is 0 Å². The summed E-state index contributed by atoms with van der Waals surface area (Å²) in [6, 6.07) is 4.91. The zero-order valence-corrected chi connectivity index (χ0v) is 12.9. The van der Waals surface area contributed by atoms with Crippen molar-refractivity contribution < 1.29 is 44.6 Å². The Morgan fingerprint density at radius 3 is 1.88 bits per heavy atom. The Balaban J connectivity index is 3.13. The van der Waals surface area contributed by atoms with E-state index in [0.29, 0.717) is 5.69 Å². The summed E-state index contributed by atoms with van der Waals surface area (Å²) < 4.78 is 115. The highest BCUT2D eigenvalue weighted by atomic mass is 19.4. The van der Waals surface area contributed by atoms with Gasteiger partial charge in [-0.05, 0) is 17.7 Å². The topological polar surface area (TPSA) is 23.5 Å². The van der Waals surface area contributed by atoms with Crippen molar-refractivity contribution in [1.82, 2.24) is 0 Å². The Hall–Kier alpha value is -1.65. The molecule has 0 spiro atoms. The molecule has 0 heterocycles. The minimum absolute atomic E-state index is 0.336. The van der Waals surface area contributed by atoms with Gasteiger partial charge in [-0.3, -0.25) is 0 Å². The van der Waals surface area contributed by atoms with Gasteiger partial charge in [-0.15, -0.1) is 0 Å². The van der Waals surface area contributed by atoms with Gasteiger partial charge < -0.3 is 10.0 Å². The van der Waals surface area contributed by atoms with Gasteiger partial charge in [-0.25, -0.2) is 0 Å². The number of hydrogen-bond donors (Lipinski definition) is 1. The second-order valence-corrected chi connectivity index (χ2v) is 5.56. The molecule has 25 heavy (non-hydrogen) atoms. The first-order valence-electron chi connectivity index (χ1n) is 6.70. The van der Waals surface area contributed by atoms with Crippen molar-refractivity contribution in [2.24, 2.45) is 0 Å². The van der Waals surface area contributed by atoms with Gasteiger partial charge in [0.15, 0.2) is 0 Å². The number of hydrogen-bond acceptors (Lipinski definition) is 2. The number of aliphatic hydroxyl groups is 1. The predicted molar refractivity (Wildman–Crippen MR) is 71.2 cm³/mol. The molecule has 0 aliphatic carbocycles. The lowest BCUT2D eigenvalue weighted by Crippen LogP contribution is -2.61. The minimum atomic E-state index is -6.96. The van der Waals surface area contributed by atoms with Crippen LogP contribution < -0.4 is 4.90 Å². The maximum atomic E-state index is 13.5. The van der Waals surface area contributed by atoms with E-state index < -0.39 is 36.5 Å². The van der Waals surface area contributed by atoms with E-state index in [-0.39, 0.29) is 5.56 Å². The number of nitrogens with zero attached hydrogens (tertiary/aromatic N) is 1. The maximum Gasteiger partial charge on any atom is 0.460 e.